The Morgan fingerprint density at radius 1 is 1.08 bits per heavy atom. The molecule has 0 unspecified atom stereocenters. The molecule has 0 bridgehead atoms. The summed E-state index contributed by atoms with van der Waals surface area (Å²) in [5, 5.41) is 2.69. The maximum atomic E-state index is 12.7. The van der Waals surface area contributed by atoms with E-state index in [9.17, 15) is 18.0 Å². The van der Waals surface area contributed by atoms with Crippen molar-refractivity contribution in [3.63, 3.8) is 0 Å². The number of rotatable bonds is 5. The van der Waals surface area contributed by atoms with Gasteiger partial charge in [0.05, 0.1) is 16.8 Å². The summed E-state index contributed by atoms with van der Waals surface area (Å²) in [4.78, 5) is 28.5. The summed E-state index contributed by atoms with van der Waals surface area (Å²) in [6.07, 6.45) is 3.85. The summed E-state index contributed by atoms with van der Waals surface area (Å²) in [5.74, 6) is -0.346. The van der Waals surface area contributed by atoms with Crippen LogP contribution in [0, 0.1) is 0 Å². The minimum absolute atomic E-state index is 0.120. The Labute approximate surface area is 151 Å². The van der Waals surface area contributed by atoms with Crippen molar-refractivity contribution in [2.24, 2.45) is 0 Å². The van der Waals surface area contributed by atoms with E-state index in [1.807, 2.05) is 0 Å². The fourth-order valence-corrected chi connectivity index (χ4v) is 4.04. The van der Waals surface area contributed by atoms with E-state index in [0.29, 0.717) is 24.3 Å². The molecular weight excluding hydrogens is 356 g/mol. The molecular formula is C17H18N4O4S. The van der Waals surface area contributed by atoms with Crippen molar-refractivity contribution in [1.82, 2.24) is 14.2 Å². The maximum Gasteiger partial charge on any atom is 0.255 e. The Hall–Kier alpha value is -2.78. The second kappa shape index (κ2) is 7.63. The van der Waals surface area contributed by atoms with Gasteiger partial charge in [-0.05, 0) is 36.4 Å². The lowest BCUT2D eigenvalue weighted by molar-refractivity contribution is -0.119. The molecule has 26 heavy (non-hydrogen) atoms. The Morgan fingerprint density at radius 2 is 1.77 bits per heavy atom. The molecule has 0 spiro atoms. The number of hydrogen-bond donors (Lipinski definition) is 1. The van der Waals surface area contributed by atoms with Crippen LogP contribution in [0.5, 0.6) is 0 Å². The van der Waals surface area contributed by atoms with Crippen LogP contribution in [0.1, 0.15) is 10.4 Å². The smallest absolute Gasteiger partial charge is 0.255 e. The average molecular weight is 374 g/mol. The Kier molecular flexibility index (Phi) is 5.29. The molecule has 1 fully saturated rings. The molecule has 8 nitrogen and oxygen atoms in total. The first-order chi connectivity index (χ1) is 12.5. The molecule has 2 heterocycles. The van der Waals surface area contributed by atoms with Gasteiger partial charge < -0.3 is 10.2 Å². The van der Waals surface area contributed by atoms with Gasteiger partial charge in [0.1, 0.15) is 0 Å². The van der Waals surface area contributed by atoms with Gasteiger partial charge in [-0.25, -0.2) is 8.42 Å². The highest BCUT2D eigenvalue weighted by Gasteiger charge is 2.28. The number of anilines is 1. The van der Waals surface area contributed by atoms with Gasteiger partial charge in [-0.1, -0.05) is 0 Å². The second-order valence-corrected chi connectivity index (χ2v) is 7.70. The molecule has 3 rings (SSSR count). The van der Waals surface area contributed by atoms with Crippen LogP contribution in [0.15, 0.2) is 53.7 Å². The molecule has 0 radical (unpaired) electrons. The van der Waals surface area contributed by atoms with Crippen LogP contribution >= 0.6 is 0 Å². The normalized spacial score (nSPS) is 15.5. The van der Waals surface area contributed by atoms with Gasteiger partial charge in [0, 0.05) is 37.9 Å². The Balaban J connectivity index is 1.70. The Morgan fingerprint density at radius 3 is 2.35 bits per heavy atom. The number of nitrogens with one attached hydrogen (secondary N) is 1. The van der Waals surface area contributed by atoms with E-state index in [2.05, 4.69) is 10.3 Å². The van der Waals surface area contributed by atoms with Gasteiger partial charge in [0.25, 0.3) is 5.91 Å². The van der Waals surface area contributed by atoms with Crippen molar-refractivity contribution >= 4 is 28.0 Å². The topological polar surface area (TPSA) is 99.7 Å². The lowest BCUT2D eigenvalue weighted by atomic mass is 10.2. The number of carbonyl (C=O) groups is 2. The van der Waals surface area contributed by atoms with Crippen LogP contribution in [-0.2, 0) is 14.8 Å². The van der Waals surface area contributed by atoms with Crippen LogP contribution < -0.4 is 5.32 Å². The first kappa shape index (κ1) is 18.0. The monoisotopic (exact) mass is 374 g/mol. The van der Waals surface area contributed by atoms with Crippen molar-refractivity contribution in [3.8, 4) is 0 Å². The summed E-state index contributed by atoms with van der Waals surface area (Å²) in [6, 6.07) is 9.19. The zero-order valence-corrected chi connectivity index (χ0v) is 14.7. The zero-order valence-electron chi connectivity index (χ0n) is 13.9. The van der Waals surface area contributed by atoms with E-state index in [-0.39, 0.29) is 23.9 Å². The molecule has 1 saturated heterocycles. The van der Waals surface area contributed by atoms with Crippen molar-refractivity contribution < 1.29 is 18.0 Å². The minimum Gasteiger partial charge on any atom is -0.343 e. The molecule has 1 aliphatic rings. The number of aromatic nitrogens is 1. The van der Waals surface area contributed by atoms with Crippen molar-refractivity contribution in [2.45, 2.75) is 4.90 Å². The number of piperazine rings is 1. The summed E-state index contributed by atoms with van der Waals surface area (Å²) < 4.78 is 26.7. The van der Waals surface area contributed by atoms with E-state index in [1.54, 1.807) is 18.3 Å². The van der Waals surface area contributed by atoms with Crippen LogP contribution in [0.2, 0.25) is 0 Å². The third-order valence-corrected chi connectivity index (χ3v) is 6.01. The third-order valence-electron chi connectivity index (χ3n) is 4.10. The maximum absolute atomic E-state index is 12.7. The number of amides is 2. The third kappa shape index (κ3) is 3.89. The molecule has 2 amide bonds. The number of hydrogen-bond acceptors (Lipinski definition) is 5. The quantitative estimate of drug-likeness (QED) is 0.780. The van der Waals surface area contributed by atoms with Crippen LogP contribution in [0.25, 0.3) is 0 Å². The van der Waals surface area contributed by atoms with E-state index < -0.39 is 10.0 Å². The SMILES string of the molecule is O=CN1CCN(S(=O)(=O)c2ccc(C(=O)Nc3cccnc3)cc2)CC1. The molecule has 0 atom stereocenters. The second-order valence-electron chi connectivity index (χ2n) is 5.77. The van der Waals surface area contributed by atoms with Crippen LogP contribution in [-0.4, -0.2) is 61.1 Å². The number of pyridine rings is 1. The van der Waals surface area contributed by atoms with E-state index in [1.165, 1.54) is 39.7 Å². The molecule has 0 aliphatic carbocycles. The number of benzene rings is 1. The van der Waals surface area contributed by atoms with Gasteiger partial charge in [0.15, 0.2) is 0 Å². The van der Waals surface area contributed by atoms with Crippen molar-refractivity contribution in [1.29, 1.82) is 0 Å². The molecule has 1 aromatic heterocycles. The van der Waals surface area contributed by atoms with Crippen molar-refractivity contribution in [2.75, 3.05) is 31.5 Å². The van der Waals surface area contributed by atoms with Gasteiger partial charge >= 0.3 is 0 Å². The molecule has 2 aromatic rings. The fraction of sp³-hybridized carbons (Fsp3) is 0.235. The first-order valence-corrected chi connectivity index (χ1v) is 9.45. The summed E-state index contributed by atoms with van der Waals surface area (Å²) >= 11 is 0. The largest absolute Gasteiger partial charge is 0.343 e. The predicted octanol–water partition coefficient (Wildman–Crippen LogP) is 0.797. The molecule has 1 N–H and O–H groups in total. The summed E-state index contributed by atoms with van der Waals surface area (Å²) in [7, 11) is -3.65. The van der Waals surface area contributed by atoms with E-state index in [4.69, 9.17) is 0 Å². The van der Waals surface area contributed by atoms with E-state index in [0.717, 1.165) is 6.41 Å². The molecule has 136 valence electrons. The van der Waals surface area contributed by atoms with Gasteiger partial charge in [-0.3, -0.25) is 14.6 Å². The molecule has 1 aliphatic heterocycles. The zero-order chi connectivity index (χ0) is 18.6. The first-order valence-electron chi connectivity index (χ1n) is 8.01. The number of sulfonamides is 1. The number of nitrogens with zero attached hydrogens (tertiary/aromatic N) is 3. The van der Waals surface area contributed by atoms with Gasteiger partial charge in [-0.2, -0.15) is 4.31 Å². The molecule has 9 heteroatoms. The highest BCUT2D eigenvalue weighted by Crippen LogP contribution is 2.18. The van der Waals surface area contributed by atoms with Gasteiger partial charge in [-0.15, -0.1) is 0 Å². The van der Waals surface area contributed by atoms with Crippen molar-refractivity contribution in [3.05, 3.63) is 54.4 Å². The van der Waals surface area contributed by atoms with Crippen LogP contribution in [0.4, 0.5) is 5.69 Å². The van der Waals surface area contributed by atoms with E-state index >= 15 is 0 Å². The average Bonchev–Trinajstić information content (AvgIpc) is 2.69. The summed E-state index contributed by atoms with van der Waals surface area (Å²) in [6.45, 7) is 1.25. The lowest BCUT2D eigenvalue weighted by Crippen LogP contribution is -2.47. The van der Waals surface area contributed by atoms with Gasteiger partial charge in [0.2, 0.25) is 16.4 Å². The fourth-order valence-electron chi connectivity index (χ4n) is 2.62. The standard InChI is InChI=1S/C17H18N4O4S/c22-13-20-8-10-21(11-9-20)26(24,25)16-5-3-14(4-6-16)17(23)19-15-2-1-7-18-12-15/h1-7,12-13H,8-11H2,(H,19,23). The highest BCUT2D eigenvalue weighted by molar-refractivity contribution is 7.89. The highest BCUT2D eigenvalue weighted by atomic mass is 32.2. The minimum atomic E-state index is -3.65. The summed E-state index contributed by atoms with van der Waals surface area (Å²) in [5.41, 5.74) is 0.904. The van der Waals surface area contributed by atoms with Crippen LogP contribution in [0.3, 0.4) is 0 Å². The molecule has 1 aromatic carbocycles. The Bertz CT molecular complexity index is 877. The number of carbonyl (C=O) groups excluding carboxylic acids is 2. The molecule has 0 saturated carbocycles. The lowest BCUT2D eigenvalue weighted by Gasteiger charge is -2.31. The predicted molar refractivity (Wildman–Crippen MR) is 95.0 cm³/mol.